The van der Waals surface area contributed by atoms with Crippen LogP contribution in [0, 0.1) is 23.7 Å². The number of rotatable bonds is 3. The third kappa shape index (κ3) is 1.83. The van der Waals surface area contributed by atoms with Crippen molar-refractivity contribution in [1.29, 1.82) is 5.26 Å². The molecule has 0 aromatic heterocycles. The monoisotopic (exact) mass is 214 g/mol. The van der Waals surface area contributed by atoms with E-state index in [1.807, 2.05) is 0 Å². The molecule has 84 valence electrons. The highest BCUT2D eigenvalue weighted by Gasteiger charge is 2.51. The molecule has 0 radical (unpaired) electrons. The van der Waals surface area contributed by atoms with Crippen molar-refractivity contribution in [3.05, 3.63) is 35.4 Å². The van der Waals surface area contributed by atoms with E-state index in [1.165, 1.54) is 11.1 Å². The van der Waals surface area contributed by atoms with E-state index in [4.69, 9.17) is 0 Å². The van der Waals surface area contributed by atoms with Gasteiger partial charge in [-0.2, -0.15) is 5.26 Å². The summed E-state index contributed by atoms with van der Waals surface area (Å²) in [6.07, 6.45) is 2.06. The van der Waals surface area contributed by atoms with Crippen LogP contribution in [-0.2, 0) is 0 Å². The van der Waals surface area contributed by atoms with E-state index < -0.39 is 0 Å². The molecule has 0 amide bonds. The average molecular weight is 214 g/mol. The number of hydrogen-bond acceptors (Lipinski definition) is 2. The summed E-state index contributed by atoms with van der Waals surface area (Å²) in [6.45, 7) is 2.10. The van der Waals surface area contributed by atoms with Crippen LogP contribution in [0.1, 0.15) is 30.0 Å². The zero-order valence-corrected chi connectivity index (χ0v) is 10.2. The average Bonchev–Trinajstić information content (AvgIpc) is 2.99. The van der Waals surface area contributed by atoms with Crippen LogP contribution >= 0.6 is 0 Å². The fourth-order valence-corrected chi connectivity index (χ4v) is 2.53. The molecule has 2 nitrogen and oxygen atoms in total. The second kappa shape index (κ2) is 3.92. The van der Waals surface area contributed by atoms with Crippen LogP contribution in [0.25, 0.3) is 0 Å². The maximum absolute atomic E-state index is 9.33. The standard InChI is InChI=1S/C14H18N2/c1-11-5-4-6-12(9-11)13(16(2)3)14(10-15)7-8-14/h4-6,9,13H,7-8H2,1-3H3. The van der Waals surface area contributed by atoms with Crippen molar-refractivity contribution < 1.29 is 0 Å². The fourth-order valence-electron chi connectivity index (χ4n) is 2.53. The van der Waals surface area contributed by atoms with Gasteiger partial charge in [0.1, 0.15) is 0 Å². The van der Waals surface area contributed by atoms with Crippen LogP contribution in [0.4, 0.5) is 0 Å². The molecule has 16 heavy (non-hydrogen) atoms. The van der Waals surface area contributed by atoms with Gasteiger partial charge in [-0.3, -0.25) is 0 Å². The van der Waals surface area contributed by atoms with Gasteiger partial charge < -0.3 is 4.90 Å². The molecule has 0 N–H and O–H groups in total. The predicted molar refractivity (Wildman–Crippen MR) is 64.9 cm³/mol. The lowest BCUT2D eigenvalue weighted by Gasteiger charge is -2.29. The molecule has 1 aliphatic carbocycles. The van der Waals surface area contributed by atoms with Gasteiger partial charge >= 0.3 is 0 Å². The topological polar surface area (TPSA) is 27.0 Å². The minimum Gasteiger partial charge on any atom is -0.301 e. The summed E-state index contributed by atoms with van der Waals surface area (Å²) in [7, 11) is 4.12. The maximum Gasteiger partial charge on any atom is 0.0771 e. The van der Waals surface area contributed by atoms with Gasteiger partial charge in [0, 0.05) is 0 Å². The molecule has 0 heterocycles. The molecule has 1 aromatic carbocycles. The first-order valence-electron chi connectivity index (χ1n) is 5.73. The highest BCUT2D eigenvalue weighted by Crippen LogP contribution is 2.56. The molecule has 1 atom stereocenters. The van der Waals surface area contributed by atoms with Crippen molar-refractivity contribution in [2.75, 3.05) is 14.1 Å². The Bertz CT molecular complexity index is 425. The van der Waals surface area contributed by atoms with E-state index in [0.29, 0.717) is 0 Å². The van der Waals surface area contributed by atoms with Crippen molar-refractivity contribution in [2.24, 2.45) is 5.41 Å². The van der Waals surface area contributed by atoms with Gasteiger partial charge in [-0.15, -0.1) is 0 Å². The summed E-state index contributed by atoms with van der Waals surface area (Å²) in [4.78, 5) is 2.17. The zero-order chi connectivity index (χ0) is 11.8. The molecule has 0 saturated heterocycles. The highest BCUT2D eigenvalue weighted by atomic mass is 15.1. The Hall–Kier alpha value is -1.33. The fraction of sp³-hybridized carbons (Fsp3) is 0.500. The zero-order valence-electron chi connectivity index (χ0n) is 10.2. The Kier molecular flexibility index (Phi) is 2.73. The molecule has 2 heteroatoms. The Labute approximate surface area is 97.5 Å². The van der Waals surface area contributed by atoms with Gasteiger partial charge in [0.25, 0.3) is 0 Å². The first-order valence-corrected chi connectivity index (χ1v) is 5.73. The summed E-state index contributed by atoms with van der Waals surface area (Å²) in [5, 5.41) is 9.33. The normalized spacial score (nSPS) is 19.2. The Balaban J connectivity index is 2.38. The lowest BCUT2D eigenvalue weighted by Crippen LogP contribution is -2.27. The number of nitriles is 1. The van der Waals surface area contributed by atoms with Crippen molar-refractivity contribution in [1.82, 2.24) is 4.90 Å². The van der Waals surface area contributed by atoms with Gasteiger partial charge in [-0.1, -0.05) is 29.8 Å². The summed E-state index contributed by atoms with van der Waals surface area (Å²) in [6, 6.07) is 11.3. The molecule has 1 fully saturated rings. The number of nitrogens with zero attached hydrogens (tertiary/aromatic N) is 2. The quantitative estimate of drug-likeness (QED) is 0.773. The lowest BCUT2D eigenvalue weighted by atomic mass is 9.89. The smallest absolute Gasteiger partial charge is 0.0771 e. The first kappa shape index (κ1) is 11.2. The van der Waals surface area contributed by atoms with E-state index in [0.717, 1.165) is 12.8 Å². The van der Waals surface area contributed by atoms with E-state index >= 15 is 0 Å². The van der Waals surface area contributed by atoms with Crippen LogP contribution in [0.15, 0.2) is 24.3 Å². The molecule has 1 saturated carbocycles. The predicted octanol–water partition coefficient (Wildman–Crippen LogP) is 2.90. The Morgan fingerprint density at radius 1 is 1.38 bits per heavy atom. The molecule has 0 spiro atoms. The number of hydrogen-bond donors (Lipinski definition) is 0. The lowest BCUT2D eigenvalue weighted by molar-refractivity contribution is 0.232. The van der Waals surface area contributed by atoms with Crippen LogP contribution in [0.3, 0.4) is 0 Å². The molecule has 1 unspecified atom stereocenters. The summed E-state index contributed by atoms with van der Waals surface area (Å²) < 4.78 is 0. The van der Waals surface area contributed by atoms with Gasteiger partial charge in [-0.25, -0.2) is 0 Å². The second-order valence-corrected chi connectivity index (χ2v) is 5.05. The summed E-state index contributed by atoms with van der Waals surface area (Å²) in [5.74, 6) is 0. The molecule has 2 rings (SSSR count). The molecule has 1 aromatic rings. The maximum atomic E-state index is 9.33. The SMILES string of the molecule is Cc1cccc(C(N(C)C)C2(C#N)CC2)c1. The molecular formula is C14H18N2. The van der Waals surface area contributed by atoms with Crippen LogP contribution in [0.5, 0.6) is 0 Å². The number of aryl methyl sites for hydroxylation is 1. The second-order valence-electron chi connectivity index (χ2n) is 5.05. The van der Waals surface area contributed by atoms with E-state index in [9.17, 15) is 5.26 Å². The molecule has 0 bridgehead atoms. The van der Waals surface area contributed by atoms with Crippen molar-refractivity contribution >= 4 is 0 Å². The molecular weight excluding hydrogens is 196 g/mol. The summed E-state index contributed by atoms with van der Waals surface area (Å²) in [5.41, 5.74) is 2.39. The molecule has 1 aliphatic rings. The third-order valence-electron chi connectivity index (χ3n) is 3.41. The van der Waals surface area contributed by atoms with Gasteiger partial charge in [-0.05, 0) is 39.4 Å². The Morgan fingerprint density at radius 2 is 2.06 bits per heavy atom. The number of benzene rings is 1. The van der Waals surface area contributed by atoms with Gasteiger partial charge in [0.2, 0.25) is 0 Å². The van der Waals surface area contributed by atoms with Gasteiger partial charge in [0.15, 0.2) is 0 Å². The van der Waals surface area contributed by atoms with Crippen molar-refractivity contribution in [3.8, 4) is 6.07 Å². The van der Waals surface area contributed by atoms with E-state index in [-0.39, 0.29) is 11.5 Å². The highest BCUT2D eigenvalue weighted by molar-refractivity contribution is 5.31. The van der Waals surface area contributed by atoms with Gasteiger partial charge in [0.05, 0.1) is 17.5 Å². The minimum absolute atomic E-state index is 0.142. The largest absolute Gasteiger partial charge is 0.301 e. The first-order chi connectivity index (χ1) is 7.59. The van der Waals surface area contributed by atoms with Crippen LogP contribution in [0.2, 0.25) is 0 Å². The third-order valence-corrected chi connectivity index (χ3v) is 3.41. The van der Waals surface area contributed by atoms with Crippen LogP contribution in [-0.4, -0.2) is 19.0 Å². The summed E-state index contributed by atoms with van der Waals surface area (Å²) >= 11 is 0. The minimum atomic E-state index is -0.142. The van der Waals surface area contributed by atoms with E-state index in [1.54, 1.807) is 0 Å². The van der Waals surface area contributed by atoms with E-state index in [2.05, 4.69) is 56.3 Å². The van der Waals surface area contributed by atoms with Crippen molar-refractivity contribution in [2.45, 2.75) is 25.8 Å². The van der Waals surface area contributed by atoms with Crippen molar-refractivity contribution in [3.63, 3.8) is 0 Å². The molecule has 0 aliphatic heterocycles. The Morgan fingerprint density at radius 3 is 2.50 bits per heavy atom. The van der Waals surface area contributed by atoms with Crippen LogP contribution < -0.4 is 0 Å².